The number of benzene rings is 3. The van der Waals surface area contributed by atoms with E-state index in [4.69, 9.17) is 14.2 Å². The summed E-state index contributed by atoms with van der Waals surface area (Å²) in [7, 11) is 0. The Morgan fingerprint density at radius 3 is 2.13 bits per heavy atom. The number of nitrogens with one attached hydrogen (secondary N) is 1. The van der Waals surface area contributed by atoms with Crippen LogP contribution in [0.25, 0.3) is 10.8 Å². The van der Waals surface area contributed by atoms with E-state index in [0.29, 0.717) is 42.6 Å². The van der Waals surface area contributed by atoms with Gasteiger partial charge in [-0.25, -0.2) is 5.43 Å². The predicted octanol–water partition coefficient (Wildman–Crippen LogP) is 4.80. The molecule has 0 spiro atoms. The summed E-state index contributed by atoms with van der Waals surface area (Å²) < 4.78 is 17.0. The highest BCUT2D eigenvalue weighted by atomic mass is 16.5. The molecule has 1 N–H and O–H groups in total. The number of rotatable bonds is 9. The van der Waals surface area contributed by atoms with Gasteiger partial charge in [-0.3, -0.25) is 4.79 Å². The fourth-order valence-electron chi connectivity index (χ4n) is 3.04. The third-order valence-corrected chi connectivity index (χ3v) is 4.32. The van der Waals surface area contributed by atoms with Crippen LogP contribution in [0.3, 0.4) is 0 Å². The quantitative estimate of drug-likeness (QED) is 0.409. The second kappa shape index (κ2) is 10.3. The van der Waals surface area contributed by atoms with Crippen molar-refractivity contribution in [1.82, 2.24) is 5.43 Å². The number of hydrogen-bond donors (Lipinski definition) is 1. The third-order valence-electron chi connectivity index (χ3n) is 4.32. The lowest BCUT2D eigenvalue weighted by molar-refractivity contribution is 0.0954. The fraction of sp³-hybridized carbons (Fsp3) is 0.250. The first-order valence-electron chi connectivity index (χ1n) is 10.0. The van der Waals surface area contributed by atoms with Crippen molar-refractivity contribution in [2.45, 2.75) is 20.8 Å². The van der Waals surface area contributed by atoms with Crippen LogP contribution in [0, 0.1) is 0 Å². The van der Waals surface area contributed by atoms with Crippen LogP contribution < -0.4 is 19.6 Å². The Labute approximate surface area is 176 Å². The van der Waals surface area contributed by atoms with E-state index in [2.05, 4.69) is 16.6 Å². The molecule has 0 fully saturated rings. The minimum absolute atomic E-state index is 0.364. The number of carbonyl (C=O) groups is 1. The van der Waals surface area contributed by atoms with Crippen LogP contribution >= 0.6 is 0 Å². The number of hydrazone groups is 1. The molecule has 0 aliphatic heterocycles. The molecule has 0 atom stereocenters. The molecule has 3 rings (SSSR count). The lowest BCUT2D eigenvalue weighted by Gasteiger charge is -2.16. The second-order valence-electron chi connectivity index (χ2n) is 6.41. The molecule has 0 radical (unpaired) electrons. The molecular formula is C24H26N2O4. The summed E-state index contributed by atoms with van der Waals surface area (Å²) in [5.74, 6) is 1.07. The van der Waals surface area contributed by atoms with Crippen LogP contribution in [0.2, 0.25) is 0 Å². The van der Waals surface area contributed by atoms with E-state index in [-0.39, 0.29) is 5.91 Å². The Morgan fingerprint density at radius 1 is 0.867 bits per heavy atom. The molecule has 0 aromatic heterocycles. The molecule has 0 saturated heterocycles. The van der Waals surface area contributed by atoms with Gasteiger partial charge in [0.25, 0.3) is 5.91 Å². The van der Waals surface area contributed by atoms with Crippen molar-refractivity contribution in [3.8, 4) is 17.2 Å². The maximum atomic E-state index is 12.7. The first-order chi connectivity index (χ1) is 14.7. The van der Waals surface area contributed by atoms with Crippen LogP contribution in [-0.2, 0) is 0 Å². The highest BCUT2D eigenvalue weighted by Gasteiger charge is 2.18. The fourth-order valence-corrected chi connectivity index (χ4v) is 3.04. The molecule has 0 aliphatic rings. The molecule has 6 heteroatoms. The van der Waals surface area contributed by atoms with Crippen molar-refractivity contribution in [1.29, 1.82) is 0 Å². The number of carbonyl (C=O) groups excluding carboxylic acids is 1. The van der Waals surface area contributed by atoms with Crippen molar-refractivity contribution in [3.63, 3.8) is 0 Å². The number of amides is 1. The highest BCUT2D eigenvalue weighted by molar-refractivity contribution is 5.96. The normalized spacial score (nSPS) is 10.9. The van der Waals surface area contributed by atoms with E-state index in [1.54, 1.807) is 18.3 Å². The zero-order chi connectivity index (χ0) is 21.3. The summed E-state index contributed by atoms with van der Waals surface area (Å²) in [6.45, 7) is 6.97. The molecule has 3 aromatic rings. The second-order valence-corrected chi connectivity index (χ2v) is 6.41. The lowest BCUT2D eigenvalue weighted by Crippen LogP contribution is -2.18. The van der Waals surface area contributed by atoms with Crippen LogP contribution in [0.1, 0.15) is 36.7 Å². The molecule has 0 unspecified atom stereocenters. The van der Waals surface area contributed by atoms with Crippen LogP contribution in [0.15, 0.2) is 59.7 Å². The summed E-state index contributed by atoms with van der Waals surface area (Å²) in [5, 5.41) is 6.36. The van der Waals surface area contributed by atoms with Gasteiger partial charge in [0, 0.05) is 5.56 Å². The van der Waals surface area contributed by atoms with E-state index in [9.17, 15) is 4.79 Å². The van der Waals surface area contributed by atoms with E-state index in [0.717, 1.165) is 16.3 Å². The summed E-state index contributed by atoms with van der Waals surface area (Å²) >= 11 is 0. The topological polar surface area (TPSA) is 69.2 Å². The molecule has 0 bridgehead atoms. The van der Waals surface area contributed by atoms with Gasteiger partial charge in [0.05, 0.1) is 26.0 Å². The summed E-state index contributed by atoms with van der Waals surface area (Å²) in [6.07, 6.45) is 1.62. The molecule has 0 saturated carbocycles. The highest BCUT2D eigenvalue weighted by Crippen LogP contribution is 2.39. The van der Waals surface area contributed by atoms with Gasteiger partial charge in [-0.05, 0) is 55.3 Å². The summed E-state index contributed by atoms with van der Waals surface area (Å²) in [5.41, 5.74) is 3.83. The van der Waals surface area contributed by atoms with E-state index in [1.165, 1.54) is 0 Å². The summed E-state index contributed by atoms with van der Waals surface area (Å²) in [4.78, 5) is 12.7. The Morgan fingerprint density at radius 2 is 1.50 bits per heavy atom. The average molecular weight is 406 g/mol. The lowest BCUT2D eigenvalue weighted by atomic mass is 10.1. The maximum absolute atomic E-state index is 12.7. The van der Waals surface area contributed by atoms with E-state index < -0.39 is 0 Å². The Hall–Kier alpha value is -3.54. The van der Waals surface area contributed by atoms with Gasteiger partial charge < -0.3 is 14.2 Å². The third kappa shape index (κ3) is 5.08. The number of ether oxygens (including phenoxy) is 3. The Kier molecular flexibility index (Phi) is 7.27. The van der Waals surface area contributed by atoms with Crippen molar-refractivity contribution in [3.05, 3.63) is 65.7 Å². The van der Waals surface area contributed by atoms with E-state index >= 15 is 0 Å². The van der Waals surface area contributed by atoms with Crippen molar-refractivity contribution in [2.24, 2.45) is 5.10 Å². The van der Waals surface area contributed by atoms with Crippen molar-refractivity contribution < 1.29 is 19.0 Å². The number of nitrogens with zero attached hydrogens (tertiary/aromatic N) is 1. The molecule has 1 amide bonds. The van der Waals surface area contributed by atoms with Crippen LogP contribution in [0.4, 0.5) is 0 Å². The molecule has 0 aliphatic carbocycles. The molecule has 30 heavy (non-hydrogen) atoms. The largest absolute Gasteiger partial charge is 0.490 e. The smallest absolute Gasteiger partial charge is 0.271 e. The minimum atomic E-state index is -0.364. The minimum Gasteiger partial charge on any atom is -0.490 e. The predicted molar refractivity (Wildman–Crippen MR) is 119 cm³/mol. The number of fused-ring (bicyclic) bond motifs is 1. The van der Waals surface area contributed by atoms with Gasteiger partial charge in [-0.2, -0.15) is 5.10 Å². The zero-order valence-corrected chi connectivity index (χ0v) is 17.5. The van der Waals surface area contributed by atoms with Gasteiger partial charge in [0.2, 0.25) is 5.75 Å². The molecule has 3 aromatic carbocycles. The summed E-state index contributed by atoms with van der Waals surface area (Å²) in [6, 6.07) is 17.3. The zero-order valence-electron chi connectivity index (χ0n) is 17.5. The first kappa shape index (κ1) is 21.2. The monoisotopic (exact) mass is 406 g/mol. The van der Waals surface area contributed by atoms with Crippen molar-refractivity contribution >= 4 is 22.9 Å². The van der Waals surface area contributed by atoms with Gasteiger partial charge in [-0.15, -0.1) is 0 Å². The molecular weight excluding hydrogens is 380 g/mol. The van der Waals surface area contributed by atoms with Gasteiger partial charge in [0.15, 0.2) is 11.5 Å². The average Bonchev–Trinajstić information content (AvgIpc) is 2.76. The first-order valence-corrected chi connectivity index (χ1v) is 10.0. The molecule has 0 heterocycles. The Bertz CT molecular complexity index is 1020. The van der Waals surface area contributed by atoms with Gasteiger partial charge >= 0.3 is 0 Å². The maximum Gasteiger partial charge on any atom is 0.271 e. The van der Waals surface area contributed by atoms with E-state index in [1.807, 2.05) is 57.2 Å². The van der Waals surface area contributed by atoms with Crippen LogP contribution in [-0.4, -0.2) is 31.9 Å². The van der Waals surface area contributed by atoms with Gasteiger partial charge in [0.1, 0.15) is 0 Å². The molecule has 6 nitrogen and oxygen atoms in total. The standard InChI is InChI=1S/C24H26N2O4/c1-4-28-21-14-20(15-22(29-5-2)23(21)30-6-3)24(27)26-25-16-17-11-12-18-9-7-8-10-19(18)13-17/h7-16H,4-6H2,1-3H3,(H,26,27)/b25-16+. The van der Waals surface area contributed by atoms with Crippen LogP contribution in [0.5, 0.6) is 17.2 Å². The Balaban J connectivity index is 1.79. The number of hydrogen-bond acceptors (Lipinski definition) is 5. The van der Waals surface area contributed by atoms with Crippen molar-refractivity contribution in [2.75, 3.05) is 19.8 Å². The van der Waals surface area contributed by atoms with Gasteiger partial charge in [-0.1, -0.05) is 36.4 Å². The molecule has 156 valence electrons. The SMILES string of the molecule is CCOc1cc(C(=O)N/N=C/c2ccc3ccccc3c2)cc(OCC)c1OCC.